The van der Waals surface area contributed by atoms with Gasteiger partial charge < -0.3 is 4.57 Å². The molecule has 4 nitrogen and oxygen atoms in total. The van der Waals surface area contributed by atoms with Crippen LogP contribution in [0.1, 0.15) is 50.2 Å². The average molecular weight is 373 g/mol. The number of para-hydroxylation sites is 1. The van der Waals surface area contributed by atoms with Crippen molar-refractivity contribution in [3.63, 3.8) is 0 Å². The van der Waals surface area contributed by atoms with Crippen molar-refractivity contribution >= 4 is 28.0 Å². The average Bonchev–Trinajstić information content (AvgIpc) is 3.26. The van der Waals surface area contributed by atoms with Gasteiger partial charge in [-0.15, -0.1) is 0 Å². The lowest BCUT2D eigenvalue weighted by Crippen LogP contribution is -2.10. The topological polar surface area (TPSA) is 35.6 Å². The first-order valence-corrected chi connectivity index (χ1v) is 10.3. The predicted octanol–water partition coefficient (Wildman–Crippen LogP) is 5.83. The normalized spacial score (nSPS) is 11.5. The summed E-state index contributed by atoms with van der Waals surface area (Å²) in [5.41, 5.74) is 5.70. The molecule has 0 N–H and O–H groups in total. The van der Waals surface area contributed by atoms with Gasteiger partial charge in [0.1, 0.15) is 5.82 Å². The molecule has 4 heteroatoms. The SMILES string of the molecule is C=Cc1nn(Cc2nc3cc(CC)ccc3n2CCCCC)c2ccccc12. The van der Waals surface area contributed by atoms with E-state index in [1.165, 1.54) is 30.3 Å². The Bertz CT molecular complexity index is 1120. The van der Waals surface area contributed by atoms with Crippen LogP contribution < -0.4 is 0 Å². The predicted molar refractivity (Wildman–Crippen MR) is 118 cm³/mol. The summed E-state index contributed by atoms with van der Waals surface area (Å²) in [5.74, 6) is 1.07. The smallest absolute Gasteiger partial charge is 0.131 e. The summed E-state index contributed by atoms with van der Waals surface area (Å²) in [4.78, 5) is 5.01. The molecule has 144 valence electrons. The van der Waals surface area contributed by atoms with Crippen LogP contribution in [0.25, 0.3) is 28.0 Å². The van der Waals surface area contributed by atoms with Gasteiger partial charge in [-0.05, 0) is 42.7 Å². The molecule has 4 aromatic rings. The van der Waals surface area contributed by atoms with Crippen LogP contribution >= 0.6 is 0 Å². The number of hydrogen-bond donors (Lipinski definition) is 0. The number of imidazole rings is 1. The summed E-state index contributed by atoms with van der Waals surface area (Å²) in [6.45, 7) is 10.0. The van der Waals surface area contributed by atoms with E-state index >= 15 is 0 Å². The van der Waals surface area contributed by atoms with E-state index in [2.05, 4.69) is 66.1 Å². The number of rotatable bonds is 8. The van der Waals surface area contributed by atoms with Gasteiger partial charge in [-0.1, -0.05) is 57.5 Å². The highest BCUT2D eigenvalue weighted by atomic mass is 15.3. The number of aromatic nitrogens is 4. The maximum absolute atomic E-state index is 5.01. The second-order valence-corrected chi connectivity index (χ2v) is 7.33. The lowest BCUT2D eigenvalue weighted by Gasteiger charge is -2.10. The van der Waals surface area contributed by atoms with E-state index in [0.29, 0.717) is 6.54 Å². The van der Waals surface area contributed by atoms with Crippen molar-refractivity contribution in [3.05, 3.63) is 66.1 Å². The van der Waals surface area contributed by atoms with E-state index in [1.807, 2.05) is 12.1 Å². The fourth-order valence-electron chi connectivity index (χ4n) is 3.89. The lowest BCUT2D eigenvalue weighted by molar-refractivity contribution is 0.568. The third kappa shape index (κ3) is 3.35. The molecule has 2 aromatic heterocycles. The Morgan fingerprint density at radius 2 is 1.89 bits per heavy atom. The molecule has 0 aliphatic rings. The third-order valence-corrected chi connectivity index (χ3v) is 5.46. The standard InChI is InChI=1S/C24H28N4/c1-4-7-10-15-27-23-14-13-18(5-2)16-21(23)25-24(27)17-28-22-12-9-8-11-19(22)20(6-3)26-28/h6,8-9,11-14,16H,3-5,7,10,15,17H2,1-2H3. The zero-order chi connectivity index (χ0) is 19.5. The van der Waals surface area contributed by atoms with Gasteiger partial charge in [-0.2, -0.15) is 5.10 Å². The highest BCUT2D eigenvalue weighted by Crippen LogP contribution is 2.23. The summed E-state index contributed by atoms with van der Waals surface area (Å²) < 4.78 is 4.44. The number of aryl methyl sites for hydroxylation is 2. The van der Waals surface area contributed by atoms with E-state index in [0.717, 1.165) is 40.9 Å². The fourth-order valence-corrected chi connectivity index (χ4v) is 3.89. The van der Waals surface area contributed by atoms with Gasteiger partial charge in [0.25, 0.3) is 0 Å². The molecule has 2 aromatic carbocycles. The molecule has 0 aliphatic heterocycles. The molecule has 0 aliphatic carbocycles. The Morgan fingerprint density at radius 3 is 2.68 bits per heavy atom. The van der Waals surface area contributed by atoms with Gasteiger partial charge in [0.15, 0.2) is 0 Å². The molecule has 0 amide bonds. The number of unbranched alkanes of at least 4 members (excludes halogenated alkanes) is 2. The van der Waals surface area contributed by atoms with Gasteiger partial charge in [0.05, 0.1) is 28.8 Å². The van der Waals surface area contributed by atoms with Crippen molar-refractivity contribution in [1.29, 1.82) is 0 Å². The van der Waals surface area contributed by atoms with E-state index in [9.17, 15) is 0 Å². The summed E-state index contributed by atoms with van der Waals surface area (Å²) in [6.07, 6.45) is 6.48. The quantitative estimate of drug-likeness (QED) is 0.365. The van der Waals surface area contributed by atoms with Crippen molar-refractivity contribution in [2.24, 2.45) is 0 Å². The van der Waals surface area contributed by atoms with Gasteiger partial charge in [-0.3, -0.25) is 4.68 Å². The van der Waals surface area contributed by atoms with Crippen molar-refractivity contribution < 1.29 is 0 Å². The monoisotopic (exact) mass is 372 g/mol. The second-order valence-electron chi connectivity index (χ2n) is 7.33. The van der Waals surface area contributed by atoms with Crippen molar-refractivity contribution in [3.8, 4) is 0 Å². The van der Waals surface area contributed by atoms with Crippen LogP contribution in [0.4, 0.5) is 0 Å². The zero-order valence-electron chi connectivity index (χ0n) is 16.9. The van der Waals surface area contributed by atoms with Crippen LogP contribution in [-0.2, 0) is 19.5 Å². The van der Waals surface area contributed by atoms with Crippen LogP contribution in [0.15, 0.2) is 49.0 Å². The van der Waals surface area contributed by atoms with Crippen LogP contribution in [0.2, 0.25) is 0 Å². The van der Waals surface area contributed by atoms with Crippen molar-refractivity contribution in [1.82, 2.24) is 19.3 Å². The molecule has 0 bridgehead atoms. The molecule has 0 fully saturated rings. The Kier molecular flexibility index (Phi) is 5.29. The van der Waals surface area contributed by atoms with Gasteiger partial charge in [0, 0.05) is 11.9 Å². The Labute approximate surface area is 166 Å². The molecular formula is C24H28N4. The van der Waals surface area contributed by atoms with Crippen LogP contribution in [-0.4, -0.2) is 19.3 Å². The van der Waals surface area contributed by atoms with Gasteiger partial charge >= 0.3 is 0 Å². The van der Waals surface area contributed by atoms with Gasteiger partial charge in [-0.25, -0.2) is 4.98 Å². The number of fused-ring (bicyclic) bond motifs is 2. The Hall–Kier alpha value is -2.88. The Morgan fingerprint density at radius 1 is 1.04 bits per heavy atom. The van der Waals surface area contributed by atoms with Crippen molar-refractivity contribution in [2.75, 3.05) is 0 Å². The first-order chi connectivity index (χ1) is 13.7. The van der Waals surface area contributed by atoms with Gasteiger partial charge in [0.2, 0.25) is 0 Å². The minimum Gasteiger partial charge on any atom is -0.326 e. The minimum absolute atomic E-state index is 0.663. The summed E-state index contributed by atoms with van der Waals surface area (Å²) >= 11 is 0. The lowest BCUT2D eigenvalue weighted by atomic mass is 10.1. The van der Waals surface area contributed by atoms with Crippen molar-refractivity contribution in [2.45, 2.75) is 52.6 Å². The molecule has 0 unspecified atom stereocenters. The molecule has 0 radical (unpaired) electrons. The highest BCUT2D eigenvalue weighted by Gasteiger charge is 2.14. The molecular weight excluding hydrogens is 344 g/mol. The number of hydrogen-bond acceptors (Lipinski definition) is 2. The Balaban J connectivity index is 1.79. The number of benzene rings is 2. The summed E-state index contributed by atoms with van der Waals surface area (Å²) in [6, 6.07) is 15.0. The second kappa shape index (κ2) is 8.01. The molecule has 0 atom stereocenters. The molecule has 0 saturated heterocycles. The van der Waals surface area contributed by atoms with E-state index in [-0.39, 0.29) is 0 Å². The minimum atomic E-state index is 0.663. The largest absolute Gasteiger partial charge is 0.326 e. The maximum atomic E-state index is 5.01. The molecule has 28 heavy (non-hydrogen) atoms. The first-order valence-electron chi connectivity index (χ1n) is 10.3. The first kappa shape index (κ1) is 18.5. The summed E-state index contributed by atoms with van der Waals surface area (Å²) in [7, 11) is 0. The maximum Gasteiger partial charge on any atom is 0.131 e. The van der Waals surface area contributed by atoms with Crippen LogP contribution in [0.3, 0.4) is 0 Å². The number of nitrogens with zero attached hydrogens (tertiary/aromatic N) is 4. The molecule has 2 heterocycles. The molecule has 0 spiro atoms. The zero-order valence-corrected chi connectivity index (χ0v) is 16.9. The molecule has 0 saturated carbocycles. The van der Waals surface area contributed by atoms with Crippen LogP contribution in [0, 0.1) is 0 Å². The summed E-state index contributed by atoms with van der Waals surface area (Å²) in [5, 5.41) is 5.93. The van der Waals surface area contributed by atoms with Crippen LogP contribution in [0.5, 0.6) is 0 Å². The third-order valence-electron chi connectivity index (χ3n) is 5.46. The van der Waals surface area contributed by atoms with E-state index < -0.39 is 0 Å². The van der Waals surface area contributed by atoms with E-state index in [4.69, 9.17) is 10.1 Å². The highest BCUT2D eigenvalue weighted by molar-refractivity contribution is 5.87. The van der Waals surface area contributed by atoms with E-state index in [1.54, 1.807) is 0 Å². The molecule has 4 rings (SSSR count). The fraction of sp³-hybridized carbons (Fsp3) is 0.333.